The molecule has 0 radical (unpaired) electrons. The SMILES string of the molecule is CNC(c1cccc(F)c1F)C1(C)CCCCC1. The molecule has 1 saturated carbocycles. The lowest BCUT2D eigenvalue weighted by atomic mass is 9.68. The fourth-order valence-corrected chi connectivity index (χ4v) is 3.27. The van der Waals surface area contributed by atoms with Crippen LogP contribution < -0.4 is 5.32 Å². The predicted octanol–water partition coefficient (Wildman–Crippen LogP) is 4.20. The quantitative estimate of drug-likeness (QED) is 0.851. The van der Waals surface area contributed by atoms with Gasteiger partial charge < -0.3 is 5.32 Å². The van der Waals surface area contributed by atoms with Gasteiger partial charge in [0.15, 0.2) is 11.6 Å². The molecule has 0 spiro atoms. The standard InChI is InChI=1S/C15H21F2N/c1-15(9-4-3-5-10-15)14(18-2)11-7-6-8-12(16)13(11)17/h6-8,14,18H,3-5,9-10H2,1-2H3. The van der Waals surface area contributed by atoms with Gasteiger partial charge in [0.2, 0.25) is 0 Å². The van der Waals surface area contributed by atoms with Gasteiger partial charge in [-0.1, -0.05) is 38.3 Å². The van der Waals surface area contributed by atoms with E-state index in [1.54, 1.807) is 12.1 Å². The Kier molecular flexibility index (Phi) is 4.00. The highest BCUT2D eigenvalue weighted by Gasteiger charge is 2.37. The van der Waals surface area contributed by atoms with Gasteiger partial charge in [-0.15, -0.1) is 0 Å². The third kappa shape index (κ3) is 2.41. The number of benzene rings is 1. The summed E-state index contributed by atoms with van der Waals surface area (Å²) in [5.41, 5.74) is 0.476. The van der Waals surface area contributed by atoms with Crippen LogP contribution >= 0.6 is 0 Å². The molecule has 18 heavy (non-hydrogen) atoms. The zero-order valence-electron chi connectivity index (χ0n) is 11.1. The highest BCUT2D eigenvalue weighted by Crippen LogP contribution is 2.46. The van der Waals surface area contributed by atoms with Gasteiger partial charge in [0.1, 0.15) is 0 Å². The minimum atomic E-state index is -0.757. The Morgan fingerprint density at radius 1 is 1.17 bits per heavy atom. The van der Waals surface area contributed by atoms with Gasteiger partial charge in [-0.25, -0.2) is 8.78 Å². The van der Waals surface area contributed by atoms with Gasteiger partial charge in [0.05, 0.1) is 0 Å². The Hall–Kier alpha value is -0.960. The second kappa shape index (κ2) is 5.35. The molecule has 3 heteroatoms. The summed E-state index contributed by atoms with van der Waals surface area (Å²) in [6.45, 7) is 2.18. The van der Waals surface area contributed by atoms with Crippen molar-refractivity contribution in [2.75, 3.05) is 7.05 Å². The maximum Gasteiger partial charge on any atom is 0.163 e. The predicted molar refractivity (Wildman–Crippen MR) is 69.4 cm³/mol. The van der Waals surface area contributed by atoms with Crippen molar-refractivity contribution in [2.45, 2.75) is 45.1 Å². The minimum Gasteiger partial charge on any atom is -0.312 e. The van der Waals surface area contributed by atoms with Gasteiger partial charge in [0.25, 0.3) is 0 Å². The molecule has 1 atom stereocenters. The van der Waals surface area contributed by atoms with Crippen LogP contribution in [0.2, 0.25) is 0 Å². The van der Waals surface area contributed by atoms with E-state index in [2.05, 4.69) is 12.2 Å². The highest BCUT2D eigenvalue weighted by molar-refractivity contribution is 5.24. The number of hydrogen-bond acceptors (Lipinski definition) is 1. The summed E-state index contributed by atoms with van der Waals surface area (Å²) < 4.78 is 27.3. The fraction of sp³-hybridized carbons (Fsp3) is 0.600. The van der Waals surface area contributed by atoms with E-state index in [1.165, 1.54) is 25.3 Å². The average Bonchev–Trinajstić information content (AvgIpc) is 2.36. The van der Waals surface area contributed by atoms with Crippen LogP contribution in [0.5, 0.6) is 0 Å². The molecule has 0 aromatic heterocycles. The molecule has 1 aliphatic rings. The summed E-state index contributed by atoms with van der Waals surface area (Å²) in [5.74, 6) is -1.46. The highest BCUT2D eigenvalue weighted by atomic mass is 19.2. The van der Waals surface area contributed by atoms with E-state index >= 15 is 0 Å². The third-order valence-corrected chi connectivity index (χ3v) is 4.27. The van der Waals surface area contributed by atoms with Crippen LogP contribution in [-0.2, 0) is 0 Å². The summed E-state index contributed by atoms with van der Waals surface area (Å²) >= 11 is 0. The molecule has 1 aromatic rings. The van der Waals surface area contributed by atoms with E-state index in [9.17, 15) is 8.78 Å². The van der Waals surface area contributed by atoms with Gasteiger partial charge in [-0.05, 0) is 31.4 Å². The lowest BCUT2D eigenvalue weighted by Gasteiger charge is -2.41. The van der Waals surface area contributed by atoms with Crippen molar-refractivity contribution in [1.29, 1.82) is 0 Å². The Labute approximate surface area is 108 Å². The van der Waals surface area contributed by atoms with Gasteiger partial charge in [-0.2, -0.15) is 0 Å². The first-order chi connectivity index (χ1) is 8.58. The molecule has 1 aromatic carbocycles. The van der Waals surface area contributed by atoms with E-state index in [-0.39, 0.29) is 11.5 Å². The van der Waals surface area contributed by atoms with E-state index in [0.29, 0.717) is 5.56 Å². The average molecular weight is 253 g/mol. The largest absolute Gasteiger partial charge is 0.312 e. The van der Waals surface area contributed by atoms with Crippen LogP contribution in [0.25, 0.3) is 0 Å². The van der Waals surface area contributed by atoms with Crippen LogP contribution in [0, 0.1) is 17.0 Å². The molecular weight excluding hydrogens is 232 g/mol. The smallest absolute Gasteiger partial charge is 0.163 e. The van der Waals surface area contributed by atoms with Crippen molar-refractivity contribution >= 4 is 0 Å². The monoisotopic (exact) mass is 253 g/mol. The maximum atomic E-state index is 13.9. The van der Waals surface area contributed by atoms with Crippen LogP contribution in [-0.4, -0.2) is 7.05 Å². The third-order valence-electron chi connectivity index (χ3n) is 4.27. The lowest BCUT2D eigenvalue weighted by molar-refractivity contribution is 0.147. The zero-order chi connectivity index (χ0) is 13.2. The first-order valence-electron chi connectivity index (χ1n) is 6.70. The molecule has 1 aliphatic carbocycles. The van der Waals surface area contributed by atoms with E-state index in [1.807, 2.05) is 7.05 Å². The molecule has 0 aliphatic heterocycles. The molecule has 0 bridgehead atoms. The molecule has 100 valence electrons. The summed E-state index contributed by atoms with van der Waals surface area (Å²) in [5, 5.41) is 3.19. The second-order valence-electron chi connectivity index (χ2n) is 5.58. The minimum absolute atomic E-state index is 0.0155. The summed E-state index contributed by atoms with van der Waals surface area (Å²) in [6, 6.07) is 4.34. The molecule has 0 saturated heterocycles. The Morgan fingerprint density at radius 2 is 1.83 bits per heavy atom. The Morgan fingerprint density at radius 3 is 2.44 bits per heavy atom. The van der Waals surface area contributed by atoms with Crippen LogP contribution in [0.3, 0.4) is 0 Å². The van der Waals surface area contributed by atoms with Crippen molar-refractivity contribution in [1.82, 2.24) is 5.32 Å². The van der Waals surface area contributed by atoms with Gasteiger partial charge >= 0.3 is 0 Å². The number of hydrogen-bond donors (Lipinski definition) is 1. The summed E-state index contributed by atoms with van der Waals surface area (Å²) in [4.78, 5) is 0. The van der Waals surface area contributed by atoms with Crippen molar-refractivity contribution in [3.8, 4) is 0 Å². The molecule has 1 fully saturated rings. The van der Waals surface area contributed by atoms with Crippen molar-refractivity contribution in [3.05, 3.63) is 35.4 Å². The van der Waals surface area contributed by atoms with Crippen molar-refractivity contribution < 1.29 is 8.78 Å². The van der Waals surface area contributed by atoms with Crippen LogP contribution in [0.1, 0.15) is 50.6 Å². The van der Waals surface area contributed by atoms with Crippen LogP contribution in [0.4, 0.5) is 8.78 Å². The first-order valence-corrected chi connectivity index (χ1v) is 6.70. The maximum absolute atomic E-state index is 13.9. The number of halogens is 2. The zero-order valence-corrected chi connectivity index (χ0v) is 11.1. The molecular formula is C15H21F2N. The topological polar surface area (TPSA) is 12.0 Å². The summed E-state index contributed by atoms with van der Waals surface area (Å²) in [6.07, 6.45) is 5.72. The second-order valence-corrected chi connectivity index (χ2v) is 5.58. The Bertz CT molecular complexity index is 411. The number of rotatable bonds is 3. The fourth-order valence-electron chi connectivity index (χ4n) is 3.27. The molecule has 0 heterocycles. The normalized spacial score (nSPS) is 20.7. The van der Waals surface area contributed by atoms with E-state index < -0.39 is 11.6 Å². The lowest BCUT2D eigenvalue weighted by Crippen LogP contribution is -2.36. The molecule has 0 amide bonds. The first kappa shape index (κ1) is 13.5. The van der Waals surface area contributed by atoms with Gasteiger partial charge in [-0.3, -0.25) is 0 Å². The summed E-state index contributed by atoms with van der Waals surface area (Å²) in [7, 11) is 1.83. The van der Waals surface area contributed by atoms with Crippen molar-refractivity contribution in [3.63, 3.8) is 0 Å². The molecule has 1 nitrogen and oxygen atoms in total. The molecule has 1 N–H and O–H groups in total. The molecule has 1 unspecified atom stereocenters. The Balaban J connectivity index is 2.35. The van der Waals surface area contributed by atoms with Crippen molar-refractivity contribution in [2.24, 2.45) is 5.41 Å². The van der Waals surface area contributed by atoms with Gasteiger partial charge in [0, 0.05) is 11.6 Å². The van der Waals surface area contributed by atoms with Crippen LogP contribution in [0.15, 0.2) is 18.2 Å². The number of nitrogens with one attached hydrogen (secondary N) is 1. The van der Waals surface area contributed by atoms with E-state index in [0.717, 1.165) is 12.8 Å². The van der Waals surface area contributed by atoms with E-state index in [4.69, 9.17) is 0 Å². The molecule has 2 rings (SSSR count).